The first kappa shape index (κ1) is 13.3. The van der Waals surface area contributed by atoms with E-state index in [1.807, 2.05) is 25.4 Å². The van der Waals surface area contributed by atoms with Gasteiger partial charge in [0.25, 0.3) is 0 Å². The van der Waals surface area contributed by atoms with Crippen molar-refractivity contribution in [1.82, 2.24) is 9.78 Å². The van der Waals surface area contributed by atoms with Crippen molar-refractivity contribution >= 4 is 5.97 Å². The zero-order chi connectivity index (χ0) is 14.0. The van der Waals surface area contributed by atoms with Gasteiger partial charge in [0.15, 0.2) is 0 Å². The average Bonchev–Trinajstić information content (AvgIpc) is 2.76. The highest BCUT2D eigenvalue weighted by atomic mass is 16.4. The Morgan fingerprint density at radius 1 is 1.42 bits per heavy atom. The quantitative estimate of drug-likeness (QED) is 0.916. The third-order valence-electron chi connectivity index (χ3n) is 3.06. The fourth-order valence-electron chi connectivity index (χ4n) is 2.17. The molecule has 0 aliphatic rings. The molecule has 100 valence electrons. The van der Waals surface area contributed by atoms with Gasteiger partial charge in [-0.25, -0.2) is 9.48 Å². The second-order valence-electron chi connectivity index (χ2n) is 5.15. The van der Waals surface area contributed by atoms with Gasteiger partial charge < -0.3 is 5.11 Å². The van der Waals surface area contributed by atoms with Crippen LogP contribution in [0, 0.1) is 12.8 Å². The summed E-state index contributed by atoms with van der Waals surface area (Å²) in [5.41, 5.74) is 3.03. The fourth-order valence-corrected chi connectivity index (χ4v) is 2.17. The third kappa shape index (κ3) is 2.84. The molecule has 0 bridgehead atoms. The van der Waals surface area contributed by atoms with Crippen molar-refractivity contribution in [2.75, 3.05) is 0 Å². The lowest BCUT2D eigenvalue weighted by molar-refractivity contribution is 0.0696. The SMILES string of the molecule is Cc1c(C(=O)O)cccc1-n1cc(CC(C)C)cn1. The molecule has 0 spiro atoms. The zero-order valence-corrected chi connectivity index (χ0v) is 11.4. The maximum Gasteiger partial charge on any atom is 0.336 e. The van der Waals surface area contributed by atoms with Crippen molar-refractivity contribution < 1.29 is 9.90 Å². The molecule has 0 atom stereocenters. The van der Waals surface area contributed by atoms with E-state index in [1.54, 1.807) is 16.8 Å². The van der Waals surface area contributed by atoms with Gasteiger partial charge in [0, 0.05) is 6.20 Å². The highest BCUT2D eigenvalue weighted by Crippen LogP contribution is 2.18. The van der Waals surface area contributed by atoms with Gasteiger partial charge in [-0.1, -0.05) is 19.9 Å². The number of hydrogen-bond donors (Lipinski definition) is 1. The van der Waals surface area contributed by atoms with Crippen LogP contribution in [-0.4, -0.2) is 20.9 Å². The van der Waals surface area contributed by atoms with Gasteiger partial charge in [-0.2, -0.15) is 5.10 Å². The van der Waals surface area contributed by atoms with Crippen LogP contribution in [0.4, 0.5) is 0 Å². The normalized spacial score (nSPS) is 10.9. The predicted molar refractivity (Wildman–Crippen MR) is 73.8 cm³/mol. The molecule has 4 nitrogen and oxygen atoms in total. The highest BCUT2D eigenvalue weighted by molar-refractivity contribution is 5.90. The summed E-state index contributed by atoms with van der Waals surface area (Å²) in [5.74, 6) is -0.335. The molecule has 1 heterocycles. The molecule has 1 aromatic heterocycles. The number of carboxylic acid groups (broad SMARTS) is 1. The molecule has 2 aromatic rings. The minimum Gasteiger partial charge on any atom is -0.478 e. The molecule has 1 N–H and O–H groups in total. The number of aromatic carboxylic acids is 1. The van der Waals surface area contributed by atoms with E-state index in [0.717, 1.165) is 23.2 Å². The van der Waals surface area contributed by atoms with Gasteiger partial charge in [0.05, 0.1) is 17.4 Å². The largest absolute Gasteiger partial charge is 0.478 e. The summed E-state index contributed by atoms with van der Waals surface area (Å²) in [6.07, 6.45) is 4.78. The van der Waals surface area contributed by atoms with Crippen LogP contribution in [0.3, 0.4) is 0 Å². The Kier molecular flexibility index (Phi) is 3.69. The Morgan fingerprint density at radius 2 is 2.16 bits per heavy atom. The maximum atomic E-state index is 11.1. The summed E-state index contributed by atoms with van der Waals surface area (Å²) in [6.45, 7) is 6.13. The van der Waals surface area contributed by atoms with Crippen molar-refractivity contribution in [3.63, 3.8) is 0 Å². The Bertz CT molecular complexity index is 600. The molecule has 1 aromatic carbocycles. The molecule has 4 heteroatoms. The fraction of sp³-hybridized carbons (Fsp3) is 0.333. The number of nitrogens with zero attached hydrogens (tertiary/aromatic N) is 2. The highest BCUT2D eigenvalue weighted by Gasteiger charge is 2.12. The van der Waals surface area contributed by atoms with E-state index < -0.39 is 5.97 Å². The molecule has 0 amide bonds. The van der Waals surface area contributed by atoms with Crippen LogP contribution in [0.1, 0.15) is 35.3 Å². The van der Waals surface area contributed by atoms with E-state index in [2.05, 4.69) is 18.9 Å². The first-order chi connectivity index (χ1) is 8.99. The van der Waals surface area contributed by atoms with Crippen LogP contribution in [-0.2, 0) is 6.42 Å². The van der Waals surface area contributed by atoms with Gasteiger partial charge in [0.1, 0.15) is 0 Å². The van der Waals surface area contributed by atoms with Gasteiger partial charge in [-0.05, 0) is 42.5 Å². The molecule has 0 unspecified atom stereocenters. The maximum absolute atomic E-state index is 11.1. The average molecular weight is 258 g/mol. The second-order valence-corrected chi connectivity index (χ2v) is 5.15. The van der Waals surface area contributed by atoms with E-state index in [0.29, 0.717) is 11.5 Å². The van der Waals surface area contributed by atoms with Crippen molar-refractivity contribution in [2.24, 2.45) is 5.92 Å². The molecular weight excluding hydrogens is 240 g/mol. The molecule has 0 fully saturated rings. The lowest BCUT2D eigenvalue weighted by atomic mass is 10.1. The first-order valence-corrected chi connectivity index (χ1v) is 6.36. The first-order valence-electron chi connectivity index (χ1n) is 6.36. The van der Waals surface area contributed by atoms with Gasteiger partial charge in [-0.15, -0.1) is 0 Å². The van der Waals surface area contributed by atoms with Gasteiger partial charge in [0.2, 0.25) is 0 Å². The lowest BCUT2D eigenvalue weighted by Gasteiger charge is -2.08. The zero-order valence-electron chi connectivity index (χ0n) is 11.4. The van der Waals surface area contributed by atoms with Crippen molar-refractivity contribution in [3.8, 4) is 5.69 Å². The molecule has 2 rings (SSSR count). The topological polar surface area (TPSA) is 55.1 Å². The molecular formula is C15H18N2O2. The van der Waals surface area contributed by atoms with Crippen molar-refractivity contribution in [2.45, 2.75) is 27.2 Å². The molecule has 0 saturated carbocycles. The standard InChI is InChI=1S/C15H18N2O2/c1-10(2)7-12-8-16-17(9-12)14-6-4-5-13(11(14)3)15(18)19/h4-6,8-10H,7H2,1-3H3,(H,18,19). The number of carboxylic acids is 1. The van der Waals surface area contributed by atoms with E-state index in [9.17, 15) is 4.79 Å². The summed E-state index contributed by atoms with van der Waals surface area (Å²) in [7, 11) is 0. The summed E-state index contributed by atoms with van der Waals surface area (Å²) in [4.78, 5) is 11.1. The van der Waals surface area contributed by atoms with E-state index in [4.69, 9.17) is 5.11 Å². The number of aromatic nitrogens is 2. The Balaban J connectivity index is 2.39. The molecule has 0 saturated heterocycles. The summed E-state index contributed by atoms with van der Waals surface area (Å²) in [5, 5.41) is 13.5. The number of carbonyl (C=O) groups is 1. The van der Waals surface area contributed by atoms with Crippen LogP contribution in [0.5, 0.6) is 0 Å². The van der Waals surface area contributed by atoms with E-state index in [1.165, 1.54) is 0 Å². The molecule has 19 heavy (non-hydrogen) atoms. The molecule has 0 aliphatic heterocycles. The third-order valence-corrected chi connectivity index (χ3v) is 3.06. The minimum atomic E-state index is -0.908. The number of hydrogen-bond acceptors (Lipinski definition) is 2. The number of rotatable bonds is 4. The van der Waals surface area contributed by atoms with Crippen LogP contribution >= 0.6 is 0 Å². The van der Waals surface area contributed by atoms with Crippen LogP contribution in [0.25, 0.3) is 5.69 Å². The van der Waals surface area contributed by atoms with Crippen molar-refractivity contribution in [3.05, 3.63) is 47.3 Å². The van der Waals surface area contributed by atoms with Crippen molar-refractivity contribution in [1.29, 1.82) is 0 Å². The predicted octanol–water partition coefficient (Wildman–Crippen LogP) is 3.08. The number of benzene rings is 1. The Morgan fingerprint density at radius 3 is 2.79 bits per heavy atom. The Hall–Kier alpha value is -2.10. The summed E-state index contributed by atoms with van der Waals surface area (Å²) >= 11 is 0. The molecule has 0 radical (unpaired) electrons. The van der Waals surface area contributed by atoms with Gasteiger partial charge >= 0.3 is 5.97 Å². The van der Waals surface area contributed by atoms with Gasteiger partial charge in [-0.3, -0.25) is 0 Å². The van der Waals surface area contributed by atoms with Crippen LogP contribution in [0.2, 0.25) is 0 Å². The van der Waals surface area contributed by atoms with Crippen LogP contribution in [0.15, 0.2) is 30.6 Å². The summed E-state index contributed by atoms with van der Waals surface area (Å²) in [6, 6.07) is 5.24. The van der Waals surface area contributed by atoms with E-state index >= 15 is 0 Å². The van der Waals surface area contributed by atoms with Crippen LogP contribution < -0.4 is 0 Å². The molecule has 0 aliphatic carbocycles. The van der Waals surface area contributed by atoms with E-state index in [-0.39, 0.29) is 0 Å². The smallest absolute Gasteiger partial charge is 0.336 e. The lowest BCUT2D eigenvalue weighted by Crippen LogP contribution is -2.05. The summed E-state index contributed by atoms with van der Waals surface area (Å²) < 4.78 is 1.75. The minimum absolute atomic E-state index is 0.318. The Labute approximate surface area is 112 Å². The monoisotopic (exact) mass is 258 g/mol. The second kappa shape index (κ2) is 5.26.